The maximum absolute atomic E-state index is 12.1. The number of hydrogen-bond donors (Lipinski definition) is 1. The second kappa shape index (κ2) is 7.87. The van der Waals surface area contributed by atoms with Gasteiger partial charge in [-0.3, -0.25) is 9.59 Å². The zero-order valence-corrected chi connectivity index (χ0v) is 15.2. The van der Waals surface area contributed by atoms with E-state index in [4.69, 9.17) is 0 Å². The quantitative estimate of drug-likeness (QED) is 0.788. The lowest BCUT2D eigenvalue weighted by Gasteiger charge is -2.07. The Morgan fingerprint density at radius 2 is 1.80 bits per heavy atom. The van der Waals surface area contributed by atoms with Crippen molar-refractivity contribution in [3.63, 3.8) is 0 Å². The van der Waals surface area contributed by atoms with E-state index in [2.05, 4.69) is 25.1 Å². The molecular weight excluding hydrogens is 322 g/mol. The van der Waals surface area contributed by atoms with Crippen molar-refractivity contribution in [3.05, 3.63) is 34.4 Å². The van der Waals surface area contributed by atoms with Gasteiger partial charge in [0.1, 0.15) is 0 Å². The third-order valence-electron chi connectivity index (χ3n) is 3.82. The number of nitrogens with zero attached hydrogens (tertiary/aromatic N) is 4. The van der Waals surface area contributed by atoms with Gasteiger partial charge in [-0.05, 0) is 33.8 Å². The van der Waals surface area contributed by atoms with Gasteiger partial charge >= 0.3 is 5.97 Å². The van der Waals surface area contributed by atoms with Crippen LogP contribution in [0.25, 0.3) is 5.95 Å². The standard InChI is InChI=1S/C17H23N5O3/c1-10-8-11(2)20-17(19-10)22-13(4)14(12(3)21-22)9-15(23)18-7-6-16(24)25-5/h8H,6-7,9H2,1-5H3,(H,18,23). The third-order valence-corrected chi connectivity index (χ3v) is 3.82. The van der Waals surface area contributed by atoms with E-state index < -0.39 is 0 Å². The van der Waals surface area contributed by atoms with Crippen molar-refractivity contribution in [2.24, 2.45) is 0 Å². The van der Waals surface area contributed by atoms with Gasteiger partial charge in [-0.1, -0.05) is 0 Å². The van der Waals surface area contributed by atoms with Crippen LogP contribution in [0.2, 0.25) is 0 Å². The predicted molar refractivity (Wildman–Crippen MR) is 91.4 cm³/mol. The second-order valence-electron chi connectivity index (χ2n) is 5.86. The number of aryl methyl sites for hydroxylation is 3. The van der Waals surface area contributed by atoms with E-state index >= 15 is 0 Å². The number of carbonyl (C=O) groups is 2. The molecule has 0 saturated carbocycles. The Balaban J connectivity index is 2.14. The first kappa shape index (κ1) is 18.6. The second-order valence-corrected chi connectivity index (χ2v) is 5.86. The normalized spacial score (nSPS) is 10.6. The van der Waals surface area contributed by atoms with Crippen LogP contribution in [0.5, 0.6) is 0 Å². The van der Waals surface area contributed by atoms with Crippen LogP contribution in [0.3, 0.4) is 0 Å². The van der Waals surface area contributed by atoms with Gasteiger partial charge in [-0.25, -0.2) is 14.6 Å². The summed E-state index contributed by atoms with van der Waals surface area (Å²) >= 11 is 0. The molecule has 0 saturated heterocycles. The summed E-state index contributed by atoms with van der Waals surface area (Å²) in [4.78, 5) is 32.0. The molecular formula is C17H23N5O3. The molecule has 1 amide bonds. The van der Waals surface area contributed by atoms with Gasteiger partial charge in [0.25, 0.3) is 5.95 Å². The van der Waals surface area contributed by atoms with E-state index in [9.17, 15) is 9.59 Å². The Morgan fingerprint density at radius 3 is 2.40 bits per heavy atom. The summed E-state index contributed by atoms with van der Waals surface area (Å²) in [5.41, 5.74) is 4.13. The fourth-order valence-electron chi connectivity index (χ4n) is 2.56. The Bertz CT molecular complexity index is 778. The smallest absolute Gasteiger partial charge is 0.307 e. The highest BCUT2D eigenvalue weighted by molar-refractivity contribution is 5.79. The summed E-state index contributed by atoms with van der Waals surface area (Å²) in [6.45, 7) is 7.79. The Kier molecular flexibility index (Phi) is 5.84. The summed E-state index contributed by atoms with van der Waals surface area (Å²) in [7, 11) is 1.32. The summed E-state index contributed by atoms with van der Waals surface area (Å²) in [5.74, 6) is -0.0288. The monoisotopic (exact) mass is 345 g/mol. The zero-order chi connectivity index (χ0) is 18.6. The first-order valence-electron chi connectivity index (χ1n) is 8.03. The van der Waals surface area contributed by atoms with Crippen molar-refractivity contribution in [1.29, 1.82) is 0 Å². The van der Waals surface area contributed by atoms with Crippen LogP contribution in [-0.2, 0) is 20.7 Å². The highest BCUT2D eigenvalue weighted by Gasteiger charge is 2.17. The van der Waals surface area contributed by atoms with Crippen LogP contribution < -0.4 is 5.32 Å². The number of hydrogen-bond acceptors (Lipinski definition) is 6. The number of nitrogens with one attached hydrogen (secondary N) is 1. The molecule has 0 atom stereocenters. The number of aromatic nitrogens is 4. The Hall–Kier alpha value is -2.77. The molecule has 0 aromatic carbocycles. The molecule has 0 aliphatic rings. The van der Waals surface area contributed by atoms with Crippen molar-refractivity contribution in [3.8, 4) is 5.95 Å². The van der Waals surface area contributed by atoms with E-state index in [0.29, 0.717) is 5.95 Å². The lowest BCUT2D eigenvalue weighted by molar-refractivity contribution is -0.140. The van der Waals surface area contributed by atoms with Crippen LogP contribution in [0, 0.1) is 27.7 Å². The fourth-order valence-corrected chi connectivity index (χ4v) is 2.56. The number of rotatable bonds is 6. The summed E-state index contributed by atoms with van der Waals surface area (Å²) < 4.78 is 6.20. The molecule has 0 aliphatic heterocycles. The SMILES string of the molecule is COC(=O)CCNC(=O)Cc1c(C)nn(-c2nc(C)cc(C)n2)c1C. The van der Waals surface area contributed by atoms with Crippen molar-refractivity contribution < 1.29 is 14.3 Å². The topological polar surface area (TPSA) is 99.0 Å². The zero-order valence-electron chi connectivity index (χ0n) is 15.2. The van der Waals surface area contributed by atoms with Crippen molar-refractivity contribution >= 4 is 11.9 Å². The Morgan fingerprint density at radius 1 is 1.16 bits per heavy atom. The van der Waals surface area contributed by atoms with Crippen LogP contribution in [0.4, 0.5) is 0 Å². The summed E-state index contributed by atoms with van der Waals surface area (Å²) in [6, 6.07) is 1.89. The minimum atomic E-state index is -0.354. The number of esters is 1. The largest absolute Gasteiger partial charge is 0.469 e. The number of ether oxygens (including phenoxy) is 1. The highest BCUT2D eigenvalue weighted by Crippen LogP contribution is 2.17. The van der Waals surface area contributed by atoms with Gasteiger partial charge in [0, 0.05) is 29.2 Å². The van der Waals surface area contributed by atoms with E-state index in [1.54, 1.807) is 4.68 Å². The predicted octanol–water partition coefficient (Wildman–Crippen LogP) is 1.12. The lowest BCUT2D eigenvalue weighted by Crippen LogP contribution is -2.28. The van der Waals surface area contributed by atoms with Crippen LogP contribution in [0.15, 0.2) is 6.07 Å². The van der Waals surface area contributed by atoms with Gasteiger partial charge < -0.3 is 10.1 Å². The molecule has 0 fully saturated rings. The average molecular weight is 345 g/mol. The lowest BCUT2D eigenvalue weighted by atomic mass is 10.1. The molecule has 0 unspecified atom stereocenters. The molecule has 134 valence electrons. The number of methoxy groups -OCH3 is 1. The molecule has 25 heavy (non-hydrogen) atoms. The maximum atomic E-state index is 12.1. The molecule has 2 aromatic rings. The van der Waals surface area contributed by atoms with Gasteiger partial charge in [-0.2, -0.15) is 5.10 Å². The van der Waals surface area contributed by atoms with Crippen molar-refractivity contribution in [1.82, 2.24) is 25.1 Å². The van der Waals surface area contributed by atoms with Crippen molar-refractivity contribution in [2.45, 2.75) is 40.5 Å². The summed E-state index contributed by atoms with van der Waals surface area (Å²) in [5, 5.41) is 7.19. The Labute approximate surface area is 146 Å². The van der Waals surface area contributed by atoms with Crippen LogP contribution in [0.1, 0.15) is 34.8 Å². The highest BCUT2D eigenvalue weighted by atomic mass is 16.5. The fraction of sp³-hybridized carbons (Fsp3) is 0.471. The van der Waals surface area contributed by atoms with Gasteiger partial charge in [-0.15, -0.1) is 0 Å². The minimum absolute atomic E-state index is 0.149. The molecule has 0 bridgehead atoms. The minimum Gasteiger partial charge on any atom is -0.469 e. The molecule has 8 heteroatoms. The van der Waals surface area contributed by atoms with Gasteiger partial charge in [0.2, 0.25) is 5.91 Å². The maximum Gasteiger partial charge on any atom is 0.307 e. The molecule has 2 aromatic heterocycles. The van der Waals surface area contributed by atoms with Gasteiger partial charge in [0.05, 0.1) is 25.6 Å². The van der Waals surface area contributed by atoms with E-state index in [0.717, 1.165) is 28.3 Å². The first-order valence-corrected chi connectivity index (χ1v) is 8.03. The van der Waals surface area contributed by atoms with Gasteiger partial charge in [0.15, 0.2) is 0 Å². The molecule has 8 nitrogen and oxygen atoms in total. The number of amides is 1. The number of carbonyl (C=O) groups excluding carboxylic acids is 2. The van der Waals surface area contributed by atoms with E-state index in [-0.39, 0.29) is 31.3 Å². The molecule has 2 rings (SSSR count). The molecule has 1 N–H and O–H groups in total. The molecule has 0 spiro atoms. The van der Waals surface area contributed by atoms with Crippen LogP contribution in [-0.4, -0.2) is 45.3 Å². The average Bonchev–Trinajstić information content (AvgIpc) is 2.82. The third kappa shape index (κ3) is 4.62. The van der Waals surface area contributed by atoms with Crippen molar-refractivity contribution in [2.75, 3.05) is 13.7 Å². The molecule has 0 aliphatic carbocycles. The first-order chi connectivity index (χ1) is 11.8. The van der Waals surface area contributed by atoms with E-state index in [1.165, 1.54) is 7.11 Å². The molecule has 2 heterocycles. The van der Waals surface area contributed by atoms with Crippen LogP contribution >= 0.6 is 0 Å². The van der Waals surface area contributed by atoms with E-state index in [1.807, 2.05) is 33.8 Å². The molecule has 0 radical (unpaired) electrons. The summed E-state index contributed by atoms with van der Waals surface area (Å²) in [6.07, 6.45) is 0.333.